The Morgan fingerprint density at radius 2 is 2.27 bits per heavy atom. The smallest absolute Gasteiger partial charge is 0.245 e. The lowest BCUT2D eigenvalue weighted by Gasteiger charge is -2.14. The zero-order chi connectivity index (χ0) is 15.7. The van der Waals surface area contributed by atoms with E-state index in [4.69, 9.17) is 0 Å². The minimum absolute atomic E-state index is 0.0283. The van der Waals surface area contributed by atoms with E-state index in [0.717, 1.165) is 36.0 Å². The number of hydrogen-bond acceptors (Lipinski definition) is 4. The molecule has 1 aliphatic heterocycles. The van der Waals surface area contributed by atoms with Gasteiger partial charge in [-0.2, -0.15) is 0 Å². The number of aromatic nitrogens is 4. The largest absolute Gasteiger partial charge is 0.338 e. The zero-order valence-corrected chi connectivity index (χ0v) is 12.9. The number of nitrogens with zero attached hydrogens (tertiary/aromatic N) is 5. The van der Waals surface area contributed by atoms with Crippen LogP contribution in [-0.2, 0) is 11.8 Å². The second-order valence-corrected chi connectivity index (χ2v) is 5.59. The molecule has 1 fully saturated rings. The number of imidazole rings is 1. The lowest BCUT2D eigenvalue weighted by atomic mass is 10.1. The van der Waals surface area contributed by atoms with Crippen molar-refractivity contribution < 1.29 is 4.79 Å². The van der Waals surface area contributed by atoms with Crippen LogP contribution in [-0.4, -0.2) is 43.4 Å². The monoisotopic (exact) mass is 297 g/mol. The summed E-state index contributed by atoms with van der Waals surface area (Å²) in [5.41, 5.74) is 1.74. The van der Waals surface area contributed by atoms with Crippen molar-refractivity contribution in [2.24, 2.45) is 7.05 Å². The Morgan fingerprint density at radius 1 is 1.45 bits per heavy atom. The minimum Gasteiger partial charge on any atom is -0.338 e. The molecule has 0 saturated carbocycles. The predicted octanol–water partition coefficient (Wildman–Crippen LogP) is 1.69. The van der Waals surface area contributed by atoms with Crippen LogP contribution in [0.15, 0.2) is 31.1 Å². The van der Waals surface area contributed by atoms with Gasteiger partial charge in [-0.25, -0.2) is 15.0 Å². The molecule has 0 N–H and O–H groups in total. The first kappa shape index (κ1) is 14.4. The molecule has 3 rings (SSSR count). The second kappa shape index (κ2) is 5.71. The quantitative estimate of drug-likeness (QED) is 0.809. The van der Waals surface area contributed by atoms with Crippen LogP contribution in [0.3, 0.4) is 0 Å². The summed E-state index contributed by atoms with van der Waals surface area (Å²) in [5, 5.41) is 0. The summed E-state index contributed by atoms with van der Waals surface area (Å²) in [6.45, 7) is 6.87. The van der Waals surface area contributed by atoms with E-state index in [9.17, 15) is 4.79 Å². The number of hydrogen-bond donors (Lipinski definition) is 0. The van der Waals surface area contributed by atoms with E-state index >= 15 is 0 Å². The number of aryl methyl sites for hydroxylation is 2. The molecule has 3 heterocycles. The Hall–Kier alpha value is -2.50. The van der Waals surface area contributed by atoms with Gasteiger partial charge in [0.05, 0.1) is 0 Å². The fraction of sp³-hybridized carbons (Fsp3) is 0.375. The van der Waals surface area contributed by atoms with Crippen LogP contribution in [0.25, 0.3) is 11.5 Å². The maximum Gasteiger partial charge on any atom is 0.245 e. The van der Waals surface area contributed by atoms with E-state index in [2.05, 4.69) is 21.5 Å². The molecule has 0 bridgehead atoms. The molecule has 1 unspecified atom stereocenters. The highest BCUT2D eigenvalue weighted by atomic mass is 16.2. The van der Waals surface area contributed by atoms with E-state index in [0.29, 0.717) is 6.54 Å². The zero-order valence-electron chi connectivity index (χ0n) is 12.9. The highest BCUT2D eigenvalue weighted by molar-refractivity contribution is 5.87. The summed E-state index contributed by atoms with van der Waals surface area (Å²) in [5.74, 6) is 1.75. The van der Waals surface area contributed by atoms with E-state index in [1.54, 1.807) is 11.1 Å². The molecule has 6 heteroatoms. The first-order chi connectivity index (χ1) is 10.6. The third-order valence-electron chi connectivity index (χ3n) is 3.96. The third-order valence-corrected chi connectivity index (χ3v) is 3.96. The molecular formula is C16H19N5O. The van der Waals surface area contributed by atoms with E-state index < -0.39 is 0 Å². The van der Waals surface area contributed by atoms with E-state index in [1.807, 2.05) is 30.8 Å². The van der Waals surface area contributed by atoms with Crippen molar-refractivity contribution in [2.75, 3.05) is 13.1 Å². The molecule has 0 aliphatic carbocycles. The molecule has 1 aliphatic rings. The molecule has 0 radical (unpaired) electrons. The third kappa shape index (κ3) is 2.64. The minimum atomic E-state index is -0.0283. The summed E-state index contributed by atoms with van der Waals surface area (Å²) >= 11 is 0. The van der Waals surface area contributed by atoms with Crippen molar-refractivity contribution >= 4 is 5.91 Å². The SMILES string of the molecule is C=CC(=O)N1CCC(c2nc(C)cc(-c3nccn3C)n2)C1. The van der Waals surface area contributed by atoms with Crippen molar-refractivity contribution in [3.8, 4) is 11.5 Å². The van der Waals surface area contributed by atoms with Gasteiger partial charge in [0, 0.05) is 44.1 Å². The summed E-state index contributed by atoms with van der Waals surface area (Å²) in [4.78, 5) is 27.1. The molecule has 22 heavy (non-hydrogen) atoms. The Bertz CT molecular complexity index is 721. The first-order valence-electron chi connectivity index (χ1n) is 7.33. The first-order valence-corrected chi connectivity index (χ1v) is 7.33. The van der Waals surface area contributed by atoms with Gasteiger partial charge in [0.2, 0.25) is 5.91 Å². The molecule has 0 aromatic carbocycles. The Kier molecular flexibility index (Phi) is 3.75. The fourth-order valence-corrected chi connectivity index (χ4v) is 2.80. The topological polar surface area (TPSA) is 63.9 Å². The van der Waals surface area contributed by atoms with Gasteiger partial charge in [0.15, 0.2) is 5.82 Å². The predicted molar refractivity (Wildman–Crippen MR) is 83.1 cm³/mol. The Labute approximate surface area is 129 Å². The summed E-state index contributed by atoms with van der Waals surface area (Å²) in [7, 11) is 1.94. The molecule has 1 saturated heterocycles. The van der Waals surface area contributed by atoms with Gasteiger partial charge in [-0.05, 0) is 25.5 Å². The number of amides is 1. The molecule has 1 amide bonds. The maximum atomic E-state index is 11.7. The lowest BCUT2D eigenvalue weighted by Crippen LogP contribution is -2.26. The van der Waals surface area contributed by atoms with Crippen LogP contribution in [0.1, 0.15) is 23.9 Å². The van der Waals surface area contributed by atoms with Crippen LogP contribution in [0, 0.1) is 6.92 Å². The maximum absolute atomic E-state index is 11.7. The van der Waals surface area contributed by atoms with Crippen LogP contribution < -0.4 is 0 Å². The van der Waals surface area contributed by atoms with Gasteiger partial charge >= 0.3 is 0 Å². The molecule has 2 aromatic heterocycles. The van der Waals surface area contributed by atoms with Gasteiger partial charge in [-0.15, -0.1) is 0 Å². The van der Waals surface area contributed by atoms with Crippen molar-refractivity contribution in [3.05, 3.63) is 42.6 Å². The summed E-state index contributed by atoms with van der Waals surface area (Å²) < 4.78 is 1.94. The van der Waals surface area contributed by atoms with Crippen LogP contribution >= 0.6 is 0 Å². The number of likely N-dealkylation sites (tertiary alicyclic amines) is 1. The molecule has 114 valence electrons. The highest BCUT2D eigenvalue weighted by Crippen LogP contribution is 2.26. The van der Waals surface area contributed by atoms with Crippen molar-refractivity contribution in [3.63, 3.8) is 0 Å². The molecular weight excluding hydrogens is 278 g/mol. The molecule has 2 aromatic rings. The lowest BCUT2D eigenvalue weighted by molar-refractivity contribution is -0.125. The molecule has 6 nitrogen and oxygen atoms in total. The van der Waals surface area contributed by atoms with Crippen LogP contribution in [0.2, 0.25) is 0 Å². The van der Waals surface area contributed by atoms with Crippen LogP contribution in [0.4, 0.5) is 0 Å². The second-order valence-electron chi connectivity index (χ2n) is 5.59. The number of carbonyl (C=O) groups is 1. The fourth-order valence-electron chi connectivity index (χ4n) is 2.80. The van der Waals surface area contributed by atoms with Crippen molar-refractivity contribution in [1.29, 1.82) is 0 Å². The number of carbonyl (C=O) groups excluding carboxylic acids is 1. The van der Waals surface area contributed by atoms with Gasteiger partial charge in [-0.1, -0.05) is 6.58 Å². The highest BCUT2D eigenvalue weighted by Gasteiger charge is 2.28. The normalized spacial score (nSPS) is 17.7. The summed E-state index contributed by atoms with van der Waals surface area (Å²) in [6, 6.07) is 1.94. The van der Waals surface area contributed by atoms with Crippen LogP contribution in [0.5, 0.6) is 0 Å². The van der Waals surface area contributed by atoms with E-state index in [1.165, 1.54) is 6.08 Å². The average molecular weight is 297 g/mol. The van der Waals surface area contributed by atoms with E-state index in [-0.39, 0.29) is 11.8 Å². The Morgan fingerprint density at radius 3 is 2.95 bits per heavy atom. The van der Waals surface area contributed by atoms with Gasteiger partial charge in [0.1, 0.15) is 11.5 Å². The Balaban J connectivity index is 1.89. The van der Waals surface area contributed by atoms with Crippen molar-refractivity contribution in [1.82, 2.24) is 24.4 Å². The van der Waals surface area contributed by atoms with Gasteiger partial charge < -0.3 is 9.47 Å². The molecule has 0 spiro atoms. The standard InChI is InChI=1S/C16H19N5O/c1-4-14(22)21-7-5-12(10-21)15-18-11(2)9-13(19-15)16-17-6-8-20(16)3/h4,6,8-9,12H,1,5,7,10H2,2-3H3. The van der Waals surface area contributed by atoms with Gasteiger partial charge in [-0.3, -0.25) is 4.79 Å². The summed E-state index contributed by atoms with van der Waals surface area (Å²) in [6.07, 6.45) is 5.89. The van der Waals surface area contributed by atoms with Gasteiger partial charge in [0.25, 0.3) is 0 Å². The average Bonchev–Trinajstić information content (AvgIpc) is 3.14. The molecule has 1 atom stereocenters. The number of rotatable bonds is 3. The van der Waals surface area contributed by atoms with Crippen molar-refractivity contribution in [2.45, 2.75) is 19.3 Å².